The zero-order valence-corrected chi connectivity index (χ0v) is 21.8. The first-order chi connectivity index (χ1) is 17.6. The molecule has 1 atom stereocenters. The third-order valence-electron chi connectivity index (χ3n) is 5.95. The molecule has 1 aromatic carbocycles. The number of fused-ring (bicyclic) bond motifs is 1. The Hall–Kier alpha value is -3.28. The number of rotatable bonds is 8. The van der Waals surface area contributed by atoms with E-state index >= 15 is 0 Å². The lowest BCUT2D eigenvalue weighted by atomic mass is 10.0. The van der Waals surface area contributed by atoms with Crippen LogP contribution in [0.5, 0.6) is 5.75 Å². The van der Waals surface area contributed by atoms with Crippen molar-refractivity contribution >= 4 is 22.7 Å². The molecule has 0 radical (unpaired) electrons. The SMILES string of the molecule is CC.CCOC(=O)c1c(-c2cccc(OCC3CO3)c2)nc2c(c#cn2C(C)C)c1N1CCOCC1. The van der Waals surface area contributed by atoms with E-state index in [1.54, 1.807) is 0 Å². The van der Waals surface area contributed by atoms with Crippen molar-refractivity contribution in [2.24, 2.45) is 0 Å². The minimum absolute atomic E-state index is 0.133. The molecule has 0 aliphatic carbocycles. The summed E-state index contributed by atoms with van der Waals surface area (Å²) in [4.78, 5) is 20.6. The lowest BCUT2D eigenvalue weighted by Crippen LogP contribution is -2.37. The number of anilines is 1. The van der Waals surface area contributed by atoms with E-state index in [1.165, 1.54) is 0 Å². The van der Waals surface area contributed by atoms with Crippen LogP contribution in [0.2, 0.25) is 0 Å². The van der Waals surface area contributed by atoms with Gasteiger partial charge in [0.2, 0.25) is 0 Å². The zero-order valence-electron chi connectivity index (χ0n) is 21.8. The molecule has 0 amide bonds. The number of ether oxygens (including phenoxy) is 4. The van der Waals surface area contributed by atoms with Crippen LogP contribution in [-0.4, -0.2) is 67.7 Å². The van der Waals surface area contributed by atoms with Crippen molar-refractivity contribution < 1.29 is 23.7 Å². The molecular weight excluding hydrogens is 458 g/mol. The topological polar surface area (TPSA) is 78.3 Å². The quantitative estimate of drug-likeness (QED) is 0.332. The van der Waals surface area contributed by atoms with Gasteiger partial charge < -0.3 is 23.8 Å². The second kappa shape index (κ2) is 11.6. The van der Waals surface area contributed by atoms with Gasteiger partial charge in [-0.05, 0) is 39.0 Å². The Kier molecular flexibility index (Phi) is 8.34. The van der Waals surface area contributed by atoms with Crippen molar-refractivity contribution in [1.29, 1.82) is 0 Å². The first-order valence-electron chi connectivity index (χ1n) is 12.8. The maximum absolute atomic E-state index is 13.4. The fraction of sp³-hybridized carbons (Fsp3) is 0.500. The van der Waals surface area contributed by atoms with Crippen LogP contribution < -0.4 is 9.64 Å². The summed E-state index contributed by atoms with van der Waals surface area (Å²) in [6.45, 7) is 14.0. The molecule has 0 N–H and O–H groups in total. The molecule has 36 heavy (non-hydrogen) atoms. The van der Waals surface area contributed by atoms with Gasteiger partial charge in [-0.25, -0.2) is 9.78 Å². The van der Waals surface area contributed by atoms with E-state index < -0.39 is 5.97 Å². The molecule has 4 heterocycles. The number of aromatic nitrogens is 2. The van der Waals surface area contributed by atoms with Gasteiger partial charge in [0.15, 0.2) is 5.65 Å². The average Bonchev–Trinajstić information content (AvgIpc) is 3.64. The lowest BCUT2D eigenvalue weighted by Gasteiger charge is -2.31. The van der Waals surface area contributed by atoms with Gasteiger partial charge in [0.05, 0.1) is 43.2 Å². The maximum atomic E-state index is 13.4. The van der Waals surface area contributed by atoms with Gasteiger partial charge in [-0.15, -0.1) is 0 Å². The van der Waals surface area contributed by atoms with Crippen molar-refractivity contribution in [2.75, 3.05) is 51.0 Å². The molecule has 192 valence electrons. The molecule has 2 aliphatic heterocycles. The second-order valence-electron chi connectivity index (χ2n) is 8.70. The molecule has 3 aromatic rings. The van der Waals surface area contributed by atoms with Crippen LogP contribution >= 0.6 is 0 Å². The van der Waals surface area contributed by atoms with E-state index in [-0.39, 0.29) is 18.8 Å². The number of hydrogen-bond acceptors (Lipinski definition) is 7. The molecular formula is C28H35N3O5. The van der Waals surface area contributed by atoms with Crippen LogP contribution in [0.25, 0.3) is 22.3 Å². The molecule has 0 spiro atoms. The number of morpholine rings is 1. The minimum Gasteiger partial charge on any atom is -0.491 e. The normalized spacial score (nSPS) is 16.8. The minimum atomic E-state index is -0.406. The third-order valence-corrected chi connectivity index (χ3v) is 5.95. The monoisotopic (exact) mass is 493 g/mol. The number of nitrogens with zero attached hydrogens (tertiary/aromatic N) is 3. The van der Waals surface area contributed by atoms with Crippen molar-refractivity contribution in [3.8, 4) is 17.0 Å². The van der Waals surface area contributed by atoms with Crippen LogP contribution in [0.3, 0.4) is 0 Å². The van der Waals surface area contributed by atoms with Gasteiger partial charge in [0.1, 0.15) is 24.0 Å². The molecule has 2 aliphatic rings. The van der Waals surface area contributed by atoms with Gasteiger partial charge in [0, 0.05) is 30.9 Å². The van der Waals surface area contributed by atoms with Crippen LogP contribution in [0.1, 0.15) is 51.0 Å². The molecule has 5 rings (SSSR count). The number of carbonyl (C=O) groups excluding carboxylic acids is 1. The van der Waals surface area contributed by atoms with Crippen molar-refractivity contribution in [3.05, 3.63) is 42.1 Å². The number of esters is 1. The predicted octanol–water partition coefficient (Wildman–Crippen LogP) is 4.70. The van der Waals surface area contributed by atoms with Crippen molar-refractivity contribution in [1.82, 2.24) is 9.55 Å². The summed E-state index contributed by atoms with van der Waals surface area (Å²) in [6.07, 6.45) is 3.36. The Labute approximate surface area is 213 Å². The maximum Gasteiger partial charge on any atom is 0.342 e. The summed E-state index contributed by atoms with van der Waals surface area (Å²) < 4.78 is 24.2. The van der Waals surface area contributed by atoms with Crippen molar-refractivity contribution in [2.45, 2.75) is 46.8 Å². The van der Waals surface area contributed by atoms with Gasteiger partial charge in [0.25, 0.3) is 0 Å². The van der Waals surface area contributed by atoms with E-state index in [0.717, 1.165) is 28.9 Å². The second-order valence-corrected chi connectivity index (χ2v) is 8.70. The third kappa shape index (κ3) is 5.43. The molecule has 2 aromatic heterocycles. The van der Waals surface area contributed by atoms with E-state index in [4.69, 9.17) is 23.9 Å². The number of hydrogen-bond donors (Lipinski definition) is 0. The molecule has 8 heteroatoms. The van der Waals surface area contributed by atoms with Crippen LogP contribution in [0.4, 0.5) is 5.69 Å². The number of benzene rings is 1. The van der Waals surface area contributed by atoms with Gasteiger partial charge in [-0.1, -0.05) is 26.0 Å². The molecule has 1 unspecified atom stereocenters. The highest BCUT2D eigenvalue weighted by Crippen LogP contribution is 2.38. The van der Waals surface area contributed by atoms with Crippen molar-refractivity contribution in [3.63, 3.8) is 0 Å². The smallest absolute Gasteiger partial charge is 0.342 e. The molecule has 8 nitrogen and oxygen atoms in total. The van der Waals surface area contributed by atoms with E-state index in [0.29, 0.717) is 49.9 Å². The Morgan fingerprint density at radius 2 is 2.00 bits per heavy atom. The Morgan fingerprint density at radius 1 is 1.25 bits per heavy atom. The van der Waals surface area contributed by atoms with E-state index in [1.807, 2.05) is 49.6 Å². The fourth-order valence-electron chi connectivity index (χ4n) is 4.19. The largest absolute Gasteiger partial charge is 0.491 e. The highest BCUT2D eigenvalue weighted by molar-refractivity contribution is 6.09. The zero-order chi connectivity index (χ0) is 25.7. The lowest BCUT2D eigenvalue weighted by molar-refractivity contribution is 0.0527. The summed E-state index contributed by atoms with van der Waals surface area (Å²) in [7, 11) is 0. The first-order valence-corrected chi connectivity index (χ1v) is 12.8. The fourth-order valence-corrected chi connectivity index (χ4v) is 4.19. The summed E-state index contributed by atoms with van der Waals surface area (Å²) in [5.41, 5.74) is 3.28. The highest BCUT2D eigenvalue weighted by Gasteiger charge is 2.30. The number of pyridine rings is 1. The van der Waals surface area contributed by atoms with Crippen LogP contribution in [0.15, 0.2) is 24.3 Å². The summed E-state index contributed by atoms with van der Waals surface area (Å²) in [5.74, 6) is 0.298. The van der Waals surface area contributed by atoms with Gasteiger partial charge in [-0.3, -0.25) is 4.57 Å². The summed E-state index contributed by atoms with van der Waals surface area (Å²) in [5, 5.41) is 0.765. The molecule has 2 saturated heterocycles. The summed E-state index contributed by atoms with van der Waals surface area (Å²) >= 11 is 0. The Balaban J connectivity index is 0.00000148. The van der Waals surface area contributed by atoms with Crippen LogP contribution in [-0.2, 0) is 14.2 Å². The van der Waals surface area contributed by atoms with E-state index in [2.05, 4.69) is 31.0 Å². The molecule has 0 saturated carbocycles. The highest BCUT2D eigenvalue weighted by atomic mass is 16.6. The Bertz CT molecular complexity index is 1180. The Morgan fingerprint density at radius 3 is 2.67 bits per heavy atom. The number of epoxide rings is 1. The summed E-state index contributed by atoms with van der Waals surface area (Å²) in [6, 6.07) is 11.0. The predicted molar refractivity (Wildman–Crippen MR) is 139 cm³/mol. The molecule has 0 bridgehead atoms. The standard InChI is InChI=1S/C26H29N3O5.C2H6/c1-4-32-26(30)22-23(18-6-5-7-19(14-18)33-15-20-16-34-20)27-25-21(8-9-29(25)17(2)3)24(22)28-10-12-31-13-11-28;1-2/h5-7,14,17,20H,4,10-13,15-16H2,1-3H3;1-2H3. The average molecular weight is 494 g/mol. The van der Waals surface area contributed by atoms with Crippen LogP contribution in [0, 0.1) is 12.3 Å². The first kappa shape index (κ1) is 25.8. The molecule has 2 fully saturated rings. The van der Waals surface area contributed by atoms with Gasteiger partial charge in [-0.2, -0.15) is 0 Å². The van der Waals surface area contributed by atoms with E-state index in [9.17, 15) is 4.79 Å². The number of carbonyl (C=O) groups is 1. The van der Waals surface area contributed by atoms with Gasteiger partial charge >= 0.3 is 5.97 Å².